The number of ether oxygens (including phenoxy) is 3. The number of benzene rings is 1. The molecule has 2 N–H and O–H groups in total. The fourth-order valence-electron chi connectivity index (χ4n) is 2.24. The maximum atomic E-state index is 12.2. The van der Waals surface area contributed by atoms with E-state index in [1.807, 2.05) is 0 Å². The average molecular weight is 350 g/mol. The van der Waals surface area contributed by atoms with E-state index in [0.717, 1.165) is 0 Å². The molecule has 2 aromatic rings. The van der Waals surface area contributed by atoms with Gasteiger partial charge in [-0.15, -0.1) is 0 Å². The SMILES string of the molecule is CN(C[C@@H](O)CO)C(=O)c1coc(COc2ccc3c(c2)OCO3)n1. The van der Waals surface area contributed by atoms with Crippen LogP contribution >= 0.6 is 0 Å². The fraction of sp³-hybridized carbons (Fsp3) is 0.375. The standard InChI is InChI=1S/C16H18N2O7/c1-18(5-10(20)6-19)16(21)12-7-23-15(17-12)8-22-11-2-3-13-14(4-11)25-9-24-13/h2-4,7,10,19-20H,5-6,8-9H2,1H3/t10-/m1/s1. The molecule has 0 bridgehead atoms. The molecule has 0 saturated heterocycles. The largest absolute Gasteiger partial charge is 0.484 e. The molecule has 1 aliphatic heterocycles. The van der Waals surface area contributed by atoms with Crippen molar-refractivity contribution in [3.63, 3.8) is 0 Å². The lowest BCUT2D eigenvalue weighted by Crippen LogP contribution is -2.36. The summed E-state index contributed by atoms with van der Waals surface area (Å²) in [6.07, 6.45) is 0.220. The predicted octanol–water partition coefficient (Wildman–Crippen LogP) is 0.407. The second kappa shape index (κ2) is 7.41. The Morgan fingerprint density at radius 2 is 2.20 bits per heavy atom. The zero-order valence-electron chi connectivity index (χ0n) is 13.5. The normalized spacial score (nSPS) is 13.6. The predicted molar refractivity (Wildman–Crippen MR) is 83.5 cm³/mol. The summed E-state index contributed by atoms with van der Waals surface area (Å²) in [4.78, 5) is 17.5. The van der Waals surface area contributed by atoms with Gasteiger partial charge in [0.1, 0.15) is 12.0 Å². The highest BCUT2D eigenvalue weighted by molar-refractivity contribution is 5.91. The Kier molecular flexibility index (Phi) is 5.05. The molecule has 0 spiro atoms. The molecule has 9 nitrogen and oxygen atoms in total. The Morgan fingerprint density at radius 3 is 3.00 bits per heavy atom. The summed E-state index contributed by atoms with van der Waals surface area (Å²) in [6, 6.07) is 5.16. The molecule has 1 aromatic carbocycles. The van der Waals surface area contributed by atoms with Gasteiger partial charge in [-0.2, -0.15) is 0 Å². The number of likely N-dealkylation sites (N-methyl/N-ethyl adjacent to an activating group) is 1. The molecular formula is C16H18N2O7. The summed E-state index contributed by atoms with van der Waals surface area (Å²) in [5.41, 5.74) is 0.0944. The number of carbonyl (C=O) groups excluding carboxylic acids is 1. The number of hydrogen-bond acceptors (Lipinski definition) is 8. The van der Waals surface area contributed by atoms with Crippen LogP contribution < -0.4 is 14.2 Å². The number of aliphatic hydroxyl groups excluding tert-OH is 2. The first-order chi connectivity index (χ1) is 12.1. The van der Waals surface area contributed by atoms with Crippen LogP contribution in [-0.4, -0.2) is 59.1 Å². The van der Waals surface area contributed by atoms with Gasteiger partial charge in [-0.25, -0.2) is 4.98 Å². The number of oxazole rings is 1. The van der Waals surface area contributed by atoms with Crippen LogP contribution in [-0.2, 0) is 6.61 Å². The van der Waals surface area contributed by atoms with E-state index in [2.05, 4.69) is 4.98 Å². The number of aliphatic hydroxyl groups is 2. The molecule has 1 aromatic heterocycles. The number of aromatic nitrogens is 1. The summed E-state index contributed by atoms with van der Waals surface area (Å²) >= 11 is 0. The summed E-state index contributed by atoms with van der Waals surface area (Å²) < 4.78 is 21.3. The minimum Gasteiger partial charge on any atom is -0.484 e. The third-order valence-electron chi connectivity index (χ3n) is 3.52. The van der Waals surface area contributed by atoms with Gasteiger partial charge in [0.15, 0.2) is 23.8 Å². The fourth-order valence-corrected chi connectivity index (χ4v) is 2.24. The minimum atomic E-state index is -1.00. The molecule has 0 radical (unpaired) electrons. The highest BCUT2D eigenvalue weighted by atomic mass is 16.7. The van der Waals surface area contributed by atoms with Gasteiger partial charge in [-0.3, -0.25) is 4.79 Å². The molecule has 9 heteroatoms. The number of carbonyl (C=O) groups is 1. The molecule has 2 heterocycles. The second-order valence-electron chi connectivity index (χ2n) is 5.45. The smallest absolute Gasteiger partial charge is 0.275 e. The maximum absolute atomic E-state index is 12.2. The van der Waals surface area contributed by atoms with E-state index in [1.165, 1.54) is 18.2 Å². The molecule has 1 atom stereocenters. The van der Waals surface area contributed by atoms with Gasteiger partial charge in [-0.05, 0) is 12.1 Å². The minimum absolute atomic E-state index is 0.00871. The van der Waals surface area contributed by atoms with Gasteiger partial charge >= 0.3 is 0 Å². The van der Waals surface area contributed by atoms with Crippen molar-refractivity contribution in [2.45, 2.75) is 12.7 Å². The van der Waals surface area contributed by atoms with Crippen molar-refractivity contribution in [1.29, 1.82) is 0 Å². The van der Waals surface area contributed by atoms with Crippen LogP contribution in [0.2, 0.25) is 0 Å². The second-order valence-corrected chi connectivity index (χ2v) is 5.45. The summed E-state index contributed by atoms with van der Waals surface area (Å²) in [5.74, 6) is 1.62. The molecular weight excluding hydrogens is 332 g/mol. The van der Waals surface area contributed by atoms with E-state index in [-0.39, 0.29) is 31.5 Å². The van der Waals surface area contributed by atoms with E-state index in [1.54, 1.807) is 18.2 Å². The Hall–Kier alpha value is -2.78. The van der Waals surface area contributed by atoms with E-state index in [0.29, 0.717) is 17.2 Å². The lowest BCUT2D eigenvalue weighted by atomic mass is 10.3. The zero-order valence-corrected chi connectivity index (χ0v) is 13.5. The highest BCUT2D eigenvalue weighted by Gasteiger charge is 2.19. The van der Waals surface area contributed by atoms with Gasteiger partial charge in [0.25, 0.3) is 5.91 Å². The lowest BCUT2D eigenvalue weighted by Gasteiger charge is -2.18. The van der Waals surface area contributed by atoms with E-state index < -0.39 is 18.6 Å². The Morgan fingerprint density at radius 1 is 1.40 bits per heavy atom. The van der Waals surface area contributed by atoms with Crippen molar-refractivity contribution < 1.29 is 33.6 Å². The molecule has 0 aliphatic carbocycles. The molecule has 1 aliphatic rings. The molecule has 134 valence electrons. The van der Waals surface area contributed by atoms with Crippen molar-refractivity contribution >= 4 is 5.91 Å². The van der Waals surface area contributed by atoms with Crippen LogP contribution in [0.15, 0.2) is 28.9 Å². The summed E-state index contributed by atoms with van der Waals surface area (Å²) in [5, 5.41) is 18.2. The molecule has 25 heavy (non-hydrogen) atoms. The molecule has 0 unspecified atom stereocenters. The third-order valence-corrected chi connectivity index (χ3v) is 3.52. The van der Waals surface area contributed by atoms with Gasteiger partial charge in [0.2, 0.25) is 12.7 Å². The van der Waals surface area contributed by atoms with Gasteiger partial charge in [-0.1, -0.05) is 0 Å². The summed E-state index contributed by atoms with van der Waals surface area (Å²) in [7, 11) is 1.50. The number of fused-ring (bicyclic) bond motifs is 1. The first kappa shape index (κ1) is 17.1. The van der Waals surface area contributed by atoms with E-state index in [4.69, 9.17) is 23.7 Å². The molecule has 1 amide bonds. The Bertz CT molecular complexity index is 746. The van der Waals surface area contributed by atoms with Crippen LogP contribution in [0, 0.1) is 0 Å². The van der Waals surface area contributed by atoms with Gasteiger partial charge < -0.3 is 33.7 Å². The zero-order chi connectivity index (χ0) is 17.8. The first-order valence-electron chi connectivity index (χ1n) is 7.58. The maximum Gasteiger partial charge on any atom is 0.275 e. The van der Waals surface area contributed by atoms with Gasteiger partial charge in [0, 0.05) is 19.7 Å². The molecule has 0 fully saturated rings. The average Bonchev–Trinajstić information content (AvgIpc) is 3.27. The third kappa shape index (κ3) is 4.01. The first-order valence-corrected chi connectivity index (χ1v) is 7.58. The van der Waals surface area contributed by atoms with Gasteiger partial charge in [0.05, 0.1) is 12.7 Å². The van der Waals surface area contributed by atoms with E-state index >= 15 is 0 Å². The number of hydrogen-bond donors (Lipinski definition) is 2. The topological polar surface area (TPSA) is 114 Å². The van der Waals surface area contributed by atoms with Crippen LogP contribution in [0.4, 0.5) is 0 Å². The molecule has 3 rings (SSSR count). The van der Waals surface area contributed by atoms with Crippen molar-refractivity contribution in [3.05, 3.63) is 36.0 Å². The van der Waals surface area contributed by atoms with Crippen molar-refractivity contribution in [2.24, 2.45) is 0 Å². The molecule has 0 saturated carbocycles. The van der Waals surface area contributed by atoms with Crippen LogP contribution in [0.3, 0.4) is 0 Å². The van der Waals surface area contributed by atoms with Crippen molar-refractivity contribution in [3.8, 4) is 17.2 Å². The van der Waals surface area contributed by atoms with Crippen LogP contribution in [0.5, 0.6) is 17.2 Å². The van der Waals surface area contributed by atoms with Crippen molar-refractivity contribution in [2.75, 3.05) is 27.0 Å². The lowest BCUT2D eigenvalue weighted by molar-refractivity contribution is 0.0516. The summed E-state index contributed by atoms with van der Waals surface area (Å²) in [6.45, 7) is -0.214. The van der Waals surface area contributed by atoms with Crippen LogP contribution in [0.1, 0.15) is 16.4 Å². The number of amides is 1. The monoisotopic (exact) mass is 350 g/mol. The Labute approximate surface area is 143 Å². The number of nitrogens with zero attached hydrogens (tertiary/aromatic N) is 2. The Balaban J connectivity index is 1.57. The van der Waals surface area contributed by atoms with Crippen LogP contribution in [0.25, 0.3) is 0 Å². The van der Waals surface area contributed by atoms with E-state index in [9.17, 15) is 9.90 Å². The quantitative estimate of drug-likeness (QED) is 0.738. The number of rotatable bonds is 7. The highest BCUT2D eigenvalue weighted by Crippen LogP contribution is 2.35. The van der Waals surface area contributed by atoms with Crippen molar-refractivity contribution in [1.82, 2.24) is 9.88 Å².